The summed E-state index contributed by atoms with van der Waals surface area (Å²) in [7, 11) is 0. The highest BCUT2D eigenvalue weighted by atomic mass is 16.5. The van der Waals surface area contributed by atoms with E-state index < -0.39 is 0 Å². The zero-order valence-electron chi connectivity index (χ0n) is 5.72. The highest BCUT2D eigenvalue weighted by molar-refractivity contribution is 5.94. The van der Waals surface area contributed by atoms with Crippen molar-refractivity contribution in [3.05, 3.63) is 0 Å². The molecule has 0 bridgehead atoms. The Morgan fingerprint density at radius 3 is 2.90 bits per heavy atom. The lowest BCUT2D eigenvalue weighted by molar-refractivity contribution is -0.152. The minimum atomic E-state index is -0.382. The molecule has 10 heavy (non-hydrogen) atoms. The van der Waals surface area contributed by atoms with E-state index in [1.807, 2.05) is 0 Å². The van der Waals surface area contributed by atoms with E-state index in [4.69, 9.17) is 0 Å². The van der Waals surface area contributed by atoms with Crippen LogP contribution in [0.4, 0.5) is 0 Å². The van der Waals surface area contributed by atoms with Crippen molar-refractivity contribution >= 4 is 11.9 Å². The van der Waals surface area contributed by atoms with Crippen LogP contribution in [0.1, 0.15) is 13.3 Å². The maximum absolute atomic E-state index is 10.7. The van der Waals surface area contributed by atoms with E-state index in [1.165, 1.54) is 0 Å². The molecule has 0 radical (unpaired) electrons. The number of β-lactam (4-membered cyclic amide) rings is 1. The third-order valence-electron chi connectivity index (χ3n) is 1.30. The third kappa shape index (κ3) is 1.26. The second kappa shape index (κ2) is 2.68. The van der Waals surface area contributed by atoms with E-state index in [2.05, 4.69) is 10.1 Å². The molecule has 1 aliphatic rings. The molecule has 4 nitrogen and oxygen atoms in total. The van der Waals surface area contributed by atoms with Crippen molar-refractivity contribution < 1.29 is 14.3 Å². The number of hydrogen-bond donors (Lipinski definition) is 1. The Bertz CT molecular complexity index is 158. The van der Waals surface area contributed by atoms with Gasteiger partial charge in [0.1, 0.15) is 6.04 Å². The molecule has 1 rings (SSSR count). The average molecular weight is 143 g/mol. The van der Waals surface area contributed by atoms with E-state index in [0.717, 1.165) is 0 Å². The van der Waals surface area contributed by atoms with Gasteiger partial charge in [0.05, 0.1) is 13.0 Å². The Morgan fingerprint density at radius 2 is 2.50 bits per heavy atom. The van der Waals surface area contributed by atoms with E-state index in [-0.39, 0.29) is 24.3 Å². The quantitative estimate of drug-likeness (QED) is 0.416. The van der Waals surface area contributed by atoms with Crippen LogP contribution in [0, 0.1) is 0 Å². The highest BCUT2D eigenvalue weighted by Crippen LogP contribution is 2.05. The Labute approximate surface area is 58.5 Å². The lowest BCUT2D eigenvalue weighted by Gasteiger charge is -2.24. The van der Waals surface area contributed by atoms with Crippen LogP contribution >= 0.6 is 0 Å². The summed E-state index contributed by atoms with van der Waals surface area (Å²) in [6, 6.07) is -0.382. The van der Waals surface area contributed by atoms with Gasteiger partial charge in [-0.15, -0.1) is 0 Å². The van der Waals surface area contributed by atoms with Gasteiger partial charge in [0.2, 0.25) is 5.91 Å². The predicted octanol–water partition coefficient (Wildman–Crippen LogP) is -0.562. The molecular formula is C6H9NO3. The van der Waals surface area contributed by atoms with Crippen molar-refractivity contribution in [2.75, 3.05) is 6.61 Å². The van der Waals surface area contributed by atoms with Crippen LogP contribution in [-0.2, 0) is 14.3 Å². The first-order valence-corrected chi connectivity index (χ1v) is 3.20. The zero-order chi connectivity index (χ0) is 7.56. The van der Waals surface area contributed by atoms with Gasteiger partial charge in [-0.3, -0.25) is 4.79 Å². The maximum Gasteiger partial charge on any atom is 0.329 e. The molecule has 0 aromatic carbocycles. The minimum Gasteiger partial charge on any atom is -0.464 e. The molecule has 1 N–H and O–H groups in total. The Morgan fingerprint density at radius 1 is 1.90 bits per heavy atom. The largest absolute Gasteiger partial charge is 0.464 e. The second-order valence-electron chi connectivity index (χ2n) is 2.08. The molecular weight excluding hydrogens is 134 g/mol. The van der Waals surface area contributed by atoms with Gasteiger partial charge >= 0.3 is 5.97 Å². The summed E-state index contributed by atoms with van der Waals surface area (Å²) in [6.07, 6.45) is 0.277. The van der Waals surface area contributed by atoms with Gasteiger partial charge in [-0.2, -0.15) is 0 Å². The number of carbonyl (C=O) groups excluding carboxylic acids is 2. The van der Waals surface area contributed by atoms with Crippen LogP contribution in [0.5, 0.6) is 0 Å². The van der Waals surface area contributed by atoms with Crippen molar-refractivity contribution in [1.82, 2.24) is 5.32 Å². The summed E-state index contributed by atoms with van der Waals surface area (Å²) in [6.45, 7) is 2.10. The molecule has 4 heteroatoms. The monoisotopic (exact) mass is 143 g/mol. The van der Waals surface area contributed by atoms with E-state index in [0.29, 0.717) is 6.61 Å². The maximum atomic E-state index is 10.7. The fourth-order valence-corrected chi connectivity index (χ4v) is 0.744. The van der Waals surface area contributed by atoms with Gasteiger partial charge in [-0.25, -0.2) is 4.79 Å². The number of amides is 1. The predicted molar refractivity (Wildman–Crippen MR) is 33.2 cm³/mol. The van der Waals surface area contributed by atoms with Gasteiger partial charge in [-0.1, -0.05) is 0 Å². The highest BCUT2D eigenvalue weighted by Gasteiger charge is 2.32. The van der Waals surface area contributed by atoms with Crippen molar-refractivity contribution in [2.24, 2.45) is 0 Å². The Kier molecular flexibility index (Phi) is 1.89. The lowest BCUT2D eigenvalue weighted by Crippen LogP contribution is -2.53. The molecule has 0 aliphatic carbocycles. The van der Waals surface area contributed by atoms with Crippen LogP contribution in [0.15, 0.2) is 0 Å². The van der Waals surface area contributed by atoms with E-state index >= 15 is 0 Å². The number of rotatable bonds is 2. The first-order chi connectivity index (χ1) is 4.74. The molecule has 0 saturated carbocycles. The molecule has 1 aliphatic heterocycles. The van der Waals surface area contributed by atoms with Crippen molar-refractivity contribution in [3.63, 3.8) is 0 Å². The fraction of sp³-hybridized carbons (Fsp3) is 0.667. The number of ether oxygens (including phenoxy) is 1. The first kappa shape index (κ1) is 7.05. The molecule has 1 fully saturated rings. The van der Waals surface area contributed by atoms with Gasteiger partial charge < -0.3 is 10.1 Å². The fourth-order valence-electron chi connectivity index (χ4n) is 0.744. The van der Waals surface area contributed by atoms with Gasteiger partial charge in [0.25, 0.3) is 0 Å². The summed E-state index contributed by atoms with van der Waals surface area (Å²) in [4.78, 5) is 21.0. The van der Waals surface area contributed by atoms with Gasteiger partial charge in [0.15, 0.2) is 0 Å². The molecule has 0 spiro atoms. The summed E-state index contributed by atoms with van der Waals surface area (Å²) in [5, 5.41) is 2.41. The van der Waals surface area contributed by atoms with Crippen LogP contribution in [-0.4, -0.2) is 24.5 Å². The second-order valence-corrected chi connectivity index (χ2v) is 2.08. The number of carbonyl (C=O) groups is 2. The molecule has 1 saturated heterocycles. The lowest BCUT2D eigenvalue weighted by atomic mass is 10.1. The molecule has 1 amide bonds. The van der Waals surface area contributed by atoms with Gasteiger partial charge in [0, 0.05) is 0 Å². The molecule has 0 aromatic heterocycles. The number of nitrogens with one attached hydrogen (secondary N) is 1. The molecule has 0 aromatic rings. The van der Waals surface area contributed by atoms with Crippen molar-refractivity contribution in [1.29, 1.82) is 0 Å². The van der Waals surface area contributed by atoms with Crippen LogP contribution < -0.4 is 5.32 Å². The first-order valence-electron chi connectivity index (χ1n) is 3.20. The van der Waals surface area contributed by atoms with Gasteiger partial charge in [-0.05, 0) is 6.92 Å². The standard InChI is InChI=1S/C6H9NO3/c1-2-10-6(9)4-3-5(8)7-4/h4H,2-3H2,1H3,(H,7,8)/t4-/m1/s1. The summed E-state index contributed by atoms with van der Waals surface area (Å²) >= 11 is 0. The van der Waals surface area contributed by atoms with Crippen LogP contribution in [0.3, 0.4) is 0 Å². The third-order valence-corrected chi connectivity index (χ3v) is 1.30. The molecule has 1 heterocycles. The summed E-state index contributed by atoms with van der Waals surface area (Å²) in [5.41, 5.74) is 0. The molecule has 56 valence electrons. The average Bonchev–Trinajstić information content (AvgIpc) is 1.82. The normalized spacial score (nSPS) is 22.9. The molecule has 0 unspecified atom stereocenters. The van der Waals surface area contributed by atoms with E-state index in [1.54, 1.807) is 6.92 Å². The van der Waals surface area contributed by atoms with Crippen LogP contribution in [0.2, 0.25) is 0 Å². The Balaban J connectivity index is 2.24. The summed E-state index contributed by atoms with van der Waals surface area (Å²) in [5.74, 6) is -0.417. The van der Waals surface area contributed by atoms with Crippen molar-refractivity contribution in [2.45, 2.75) is 19.4 Å². The SMILES string of the molecule is CCOC(=O)[C@H]1CC(=O)N1. The molecule has 1 atom stereocenters. The smallest absolute Gasteiger partial charge is 0.329 e. The summed E-state index contributed by atoms with van der Waals surface area (Å²) < 4.78 is 4.64. The topological polar surface area (TPSA) is 55.4 Å². The van der Waals surface area contributed by atoms with Crippen LogP contribution in [0.25, 0.3) is 0 Å². The minimum absolute atomic E-state index is 0.0851. The number of hydrogen-bond acceptors (Lipinski definition) is 3. The van der Waals surface area contributed by atoms with Crippen molar-refractivity contribution in [3.8, 4) is 0 Å². The Hall–Kier alpha value is -1.06. The van der Waals surface area contributed by atoms with E-state index in [9.17, 15) is 9.59 Å². The number of esters is 1. The zero-order valence-corrected chi connectivity index (χ0v) is 5.72.